The molecule has 0 aliphatic heterocycles. The van der Waals surface area contributed by atoms with Gasteiger partial charge in [-0.05, 0) is 30.3 Å². The molecule has 2 aromatic rings. The first-order valence-electron chi connectivity index (χ1n) is 5.42. The van der Waals surface area contributed by atoms with Gasteiger partial charge in [-0.3, -0.25) is 9.78 Å². The molecule has 0 aliphatic rings. The van der Waals surface area contributed by atoms with E-state index in [0.717, 1.165) is 5.56 Å². The van der Waals surface area contributed by atoms with E-state index in [1.54, 1.807) is 24.3 Å². The van der Waals surface area contributed by atoms with Gasteiger partial charge in [0.15, 0.2) is 0 Å². The van der Waals surface area contributed by atoms with Gasteiger partial charge in [0, 0.05) is 17.4 Å². The molecule has 1 heterocycles. The van der Waals surface area contributed by atoms with Gasteiger partial charge in [0.2, 0.25) is 0 Å². The first-order valence-corrected chi connectivity index (χ1v) is 5.83. The molecule has 0 saturated heterocycles. The van der Waals surface area contributed by atoms with Gasteiger partial charge in [-0.15, -0.1) is 0 Å². The summed E-state index contributed by atoms with van der Waals surface area (Å²) in [6.07, 6.45) is 2.65. The second kappa shape index (κ2) is 5.45. The Kier molecular flexibility index (Phi) is 3.72. The van der Waals surface area contributed by atoms with E-state index in [2.05, 4.69) is 10.3 Å². The highest BCUT2D eigenvalue weighted by Gasteiger charge is 2.10. The third-order valence-corrected chi connectivity index (χ3v) is 2.71. The average Bonchev–Trinajstić information content (AvgIpc) is 2.39. The summed E-state index contributed by atoms with van der Waals surface area (Å²) in [7, 11) is 0. The Bertz CT molecular complexity index is 626. The summed E-state index contributed by atoms with van der Waals surface area (Å²) in [4.78, 5) is 15.9. The van der Waals surface area contributed by atoms with Crippen LogP contribution in [0.1, 0.15) is 15.9 Å². The van der Waals surface area contributed by atoms with Gasteiger partial charge in [0.25, 0.3) is 5.91 Å². The number of hydrogen-bond donors (Lipinski definition) is 3. The molecular weight excluding hydrogens is 262 g/mol. The first-order chi connectivity index (χ1) is 9.08. The lowest BCUT2D eigenvalue weighted by molar-refractivity contribution is 0.102. The number of aromatic nitrogens is 1. The Balaban J connectivity index is 2.15. The van der Waals surface area contributed by atoms with Gasteiger partial charge < -0.3 is 16.2 Å². The van der Waals surface area contributed by atoms with Gasteiger partial charge in [-0.2, -0.15) is 0 Å². The van der Waals surface area contributed by atoms with Crippen LogP contribution in [0.3, 0.4) is 0 Å². The number of nitrogens with zero attached hydrogens (tertiary/aromatic N) is 1. The summed E-state index contributed by atoms with van der Waals surface area (Å²) in [5.41, 5.74) is 6.95. The van der Waals surface area contributed by atoms with E-state index in [1.807, 2.05) is 0 Å². The monoisotopic (exact) mass is 273 g/mol. The van der Waals surface area contributed by atoms with Gasteiger partial charge in [-0.1, -0.05) is 12.2 Å². The van der Waals surface area contributed by atoms with Crippen LogP contribution in [0.2, 0.25) is 0 Å². The van der Waals surface area contributed by atoms with Crippen molar-refractivity contribution in [1.82, 2.24) is 4.98 Å². The number of nitrogens with two attached hydrogens (primary N) is 1. The Morgan fingerprint density at radius 2 is 1.95 bits per heavy atom. The number of benzene rings is 1. The van der Waals surface area contributed by atoms with Crippen molar-refractivity contribution in [3.8, 4) is 5.75 Å². The van der Waals surface area contributed by atoms with E-state index in [4.69, 9.17) is 18.0 Å². The van der Waals surface area contributed by atoms with Crippen molar-refractivity contribution in [3.63, 3.8) is 0 Å². The molecule has 19 heavy (non-hydrogen) atoms. The van der Waals surface area contributed by atoms with Crippen molar-refractivity contribution in [2.45, 2.75) is 0 Å². The van der Waals surface area contributed by atoms with E-state index in [0.29, 0.717) is 10.7 Å². The van der Waals surface area contributed by atoms with Crippen molar-refractivity contribution in [2.24, 2.45) is 5.73 Å². The Labute approximate surface area is 115 Å². The standard InChI is InChI=1S/C13H11N3O2S/c14-12(19)8-1-3-9(4-2-8)16-13(18)10-5-6-15-7-11(10)17/h1-7,17H,(H2,14,19)(H,16,18). The normalized spacial score (nSPS) is 9.89. The van der Waals surface area contributed by atoms with Crippen molar-refractivity contribution in [2.75, 3.05) is 5.32 Å². The summed E-state index contributed by atoms with van der Waals surface area (Å²) in [6.45, 7) is 0. The number of nitrogens with one attached hydrogen (secondary N) is 1. The minimum Gasteiger partial charge on any atom is -0.505 e. The topological polar surface area (TPSA) is 88.2 Å². The molecule has 0 spiro atoms. The van der Waals surface area contributed by atoms with Crippen LogP contribution in [0.15, 0.2) is 42.7 Å². The summed E-state index contributed by atoms with van der Waals surface area (Å²) < 4.78 is 0. The highest BCUT2D eigenvalue weighted by Crippen LogP contribution is 2.17. The smallest absolute Gasteiger partial charge is 0.259 e. The fraction of sp³-hybridized carbons (Fsp3) is 0. The third-order valence-electron chi connectivity index (χ3n) is 2.47. The molecule has 0 atom stereocenters. The number of hydrogen-bond acceptors (Lipinski definition) is 4. The fourth-order valence-corrected chi connectivity index (χ4v) is 1.63. The summed E-state index contributed by atoms with van der Waals surface area (Å²) in [5, 5.41) is 12.2. The molecule has 1 aromatic heterocycles. The number of thiocarbonyl (C=S) groups is 1. The van der Waals surface area contributed by atoms with Gasteiger partial charge in [0.1, 0.15) is 10.7 Å². The third kappa shape index (κ3) is 3.05. The van der Waals surface area contributed by atoms with E-state index >= 15 is 0 Å². The van der Waals surface area contributed by atoms with Crippen LogP contribution in [0.4, 0.5) is 5.69 Å². The molecule has 5 nitrogen and oxygen atoms in total. The van der Waals surface area contributed by atoms with Crippen LogP contribution in [0.25, 0.3) is 0 Å². The molecule has 2 rings (SSSR count). The van der Waals surface area contributed by atoms with Crippen LogP contribution >= 0.6 is 12.2 Å². The van der Waals surface area contributed by atoms with Crippen LogP contribution < -0.4 is 11.1 Å². The number of pyridine rings is 1. The Morgan fingerprint density at radius 3 is 2.53 bits per heavy atom. The van der Waals surface area contributed by atoms with Crippen LogP contribution in [-0.2, 0) is 0 Å². The quantitative estimate of drug-likeness (QED) is 0.740. The molecule has 0 unspecified atom stereocenters. The van der Waals surface area contributed by atoms with Crippen molar-refractivity contribution >= 4 is 28.8 Å². The predicted octanol–water partition coefficient (Wildman–Crippen LogP) is 1.67. The van der Waals surface area contributed by atoms with Gasteiger partial charge >= 0.3 is 0 Å². The summed E-state index contributed by atoms with van der Waals surface area (Å²) >= 11 is 4.84. The number of carbonyl (C=O) groups excluding carboxylic acids is 1. The van der Waals surface area contributed by atoms with E-state index in [1.165, 1.54) is 18.5 Å². The van der Waals surface area contributed by atoms with Gasteiger partial charge in [-0.25, -0.2) is 0 Å². The molecule has 0 fully saturated rings. The zero-order valence-electron chi connectivity index (χ0n) is 9.83. The van der Waals surface area contributed by atoms with Crippen LogP contribution in [0, 0.1) is 0 Å². The zero-order valence-corrected chi connectivity index (χ0v) is 10.6. The van der Waals surface area contributed by atoms with Crippen molar-refractivity contribution in [1.29, 1.82) is 0 Å². The number of aromatic hydroxyl groups is 1. The van der Waals surface area contributed by atoms with Crippen molar-refractivity contribution in [3.05, 3.63) is 53.9 Å². The number of anilines is 1. The number of rotatable bonds is 3. The molecule has 0 aliphatic carbocycles. The maximum absolute atomic E-state index is 11.9. The molecule has 96 valence electrons. The maximum Gasteiger partial charge on any atom is 0.259 e. The van der Waals surface area contributed by atoms with Crippen LogP contribution in [0.5, 0.6) is 5.75 Å². The second-order valence-electron chi connectivity index (χ2n) is 3.79. The predicted molar refractivity (Wildman–Crippen MR) is 76.2 cm³/mol. The molecular formula is C13H11N3O2S. The minimum atomic E-state index is -0.414. The molecule has 0 saturated carbocycles. The van der Waals surface area contributed by atoms with Crippen molar-refractivity contribution < 1.29 is 9.90 Å². The van der Waals surface area contributed by atoms with E-state index in [9.17, 15) is 9.90 Å². The number of carbonyl (C=O) groups is 1. The lowest BCUT2D eigenvalue weighted by Crippen LogP contribution is -2.13. The van der Waals surface area contributed by atoms with E-state index < -0.39 is 5.91 Å². The second-order valence-corrected chi connectivity index (χ2v) is 4.23. The lowest BCUT2D eigenvalue weighted by atomic mass is 10.2. The summed E-state index contributed by atoms with van der Waals surface area (Å²) in [5.74, 6) is -0.581. The number of amides is 1. The molecule has 4 N–H and O–H groups in total. The first kappa shape index (κ1) is 13.0. The Morgan fingerprint density at radius 1 is 1.26 bits per heavy atom. The summed E-state index contributed by atoms with van der Waals surface area (Å²) in [6, 6.07) is 8.23. The largest absolute Gasteiger partial charge is 0.505 e. The lowest BCUT2D eigenvalue weighted by Gasteiger charge is -2.07. The zero-order chi connectivity index (χ0) is 13.8. The fourth-order valence-electron chi connectivity index (χ4n) is 1.49. The van der Waals surface area contributed by atoms with Crippen LogP contribution in [-0.4, -0.2) is 21.0 Å². The van der Waals surface area contributed by atoms with Gasteiger partial charge in [0.05, 0.1) is 11.8 Å². The van der Waals surface area contributed by atoms with E-state index in [-0.39, 0.29) is 11.3 Å². The Hall–Kier alpha value is -2.47. The highest BCUT2D eigenvalue weighted by molar-refractivity contribution is 7.80. The minimum absolute atomic E-state index is 0.161. The molecule has 1 amide bonds. The molecule has 0 bridgehead atoms. The maximum atomic E-state index is 11.9. The average molecular weight is 273 g/mol. The molecule has 1 aromatic carbocycles. The molecule has 0 radical (unpaired) electrons. The SMILES string of the molecule is NC(=S)c1ccc(NC(=O)c2ccncc2O)cc1. The highest BCUT2D eigenvalue weighted by atomic mass is 32.1. The molecule has 6 heteroatoms.